The summed E-state index contributed by atoms with van der Waals surface area (Å²) < 4.78 is 0. The molecule has 0 unspecified atom stereocenters. The summed E-state index contributed by atoms with van der Waals surface area (Å²) in [5.74, 6) is 0.885. The molecule has 16 heavy (non-hydrogen) atoms. The lowest BCUT2D eigenvalue weighted by molar-refractivity contribution is 0.184. The average molecular weight is 222 g/mol. The molecular weight excluding hydrogens is 196 g/mol. The molecule has 0 aromatic rings. The maximum atomic E-state index is 3.65. The first-order valence-corrected chi connectivity index (χ1v) is 6.51. The van der Waals surface area contributed by atoms with Gasteiger partial charge < -0.3 is 10.2 Å². The van der Waals surface area contributed by atoms with Crippen LogP contribution in [0.25, 0.3) is 0 Å². The van der Waals surface area contributed by atoms with Gasteiger partial charge in [-0.25, -0.2) is 0 Å². The van der Waals surface area contributed by atoms with Crippen molar-refractivity contribution >= 4 is 0 Å². The lowest BCUT2D eigenvalue weighted by Gasteiger charge is -2.31. The fourth-order valence-electron chi connectivity index (χ4n) is 2.45. The molecule has 1 rings (SSSR count). The van der Waals surface area contributed by atoms with E-state index in [9.17, 15) is 0 Å². The van der Waals surface area contributed by atoms with E-state index in [-0.39, 0.29) is 0 Å². The van der Waals surface area contributed by atoms with E-state index in [1.165, 1.54) is 50.9 Å². The van der Waals surface area contributed by atoms with Crippen LogP contribution < -0.4 is 5.32 Å². The minimum atomic E-state index is 0.885. The highest BCUT2D eigenvalue weighted by atomic mass is 15.1. The van der Waals surface area contributed by atoms with Crippen LogP contribution in [0.5, 0.6) is 0 Å². The number of nitrogens with one attached hydrogen (secondary N) is 1. The van der Waals surface area contributed by atoms with Gasteiger partial charge in [0.2, 0.25) is 0 Å². The van der Waals surface area contributed by atoms with Crippen LogP contribution in [-0.2, 0) is 0 Å². The second-order valence-corrected chi connectivity index (χ2v) is 4.85. The summed E-state index contributed by atoms with van der Waals surface area (Å²) in [6.07, 6.45) is 9.05. The van der Waals surface area contributed by atoms with Crippen molar-refractivity contribution in [3.8, 4) is 0 Å². The first-order chi connectivity index (χ1) is 7.76. The van der Waals surface area contributed by atoms with E-state index >= 15 is 0 Å². The Balaban J connectivity index is 2.23. The molecule has 2 nitrogen and oxygen atoms in total. The molecule has 0 aromatic carbocycles. The summed E-state index contributed by atoms with van der Waals surface area (Å²) in [5.41, 5.74) is 1.44. The lowest BCUT2D eigenvalue weighted by Crippen LogP contribution is -2.34. The first kappa shape index (κ1) is 13.3. The fraction of sp³-hybridized carbons (Fsp3) is 0.714. The summed E-state index contributed by atoms with van der Waals surface area (Å²) >= 11 is 0. The van der Waals surface area contributed by atoms with Crippen molar-refractivity contribution in [1.29, 1.82) is 0 Å². The molecule has 1 heterocycles. The Kier molecular flexibility index (Phi) is 6.24. The molecule has 0 saturated carbocycles. The third-order valence-corrected chi connectivity index (χ3v) is 3.31. The quantitative estimate of drug-likeness (QED) is 0.743. The lowest BCUT2D eigenvalue weighted by atomic mass is 9.90. The van der Waals surface area contributed by atoms with Gasteiger partial charge in [0.25, 0.3) is 0 Å². The molecule has 1 N–H and O–H groups in total. The Labute approximate surface area is 100 Å². The molecule has 2 heteroatoms. The number of hydrogen-bond donors (Lipinski definition) is 1. The summed E-state index contributed by atoms with van der Waals surface area (Å²) in [7, 11) is 0. The number of rotatable bonds is 6. The van der Waals surface area contributed by atoms with Gasteiger partial charge in [-0.2, -0.15) is 0 Å². The number of hydrogen-bond acceptors (Lipinski definition) is 2. The predicted octanol–water partition coefficient (Wildman–Crippen LogP) is 3.14. The summed E-state index contributed by atoms with van der Waals surface area (Å²) in [5, 5.41) is 3.06. The molecule has 1 saturated heterocycles. The first-order valence-electron chi connectivity index (χ1n) is 6.51. The van der Waals surface area contributed by atoms with Crippen molar-refractivity contribution in [2.24, 2.45) is 5.92 Å². The Hall–Kier alpha value is -0.760. The number of piperidine rings is 1. The molecule has 1 aliphatic rings. The van der Waals surface area contributed by atoms with Gasteiger partial charge in [-0.3, -0.25) is 0 Å². The molecular formula is C14H26N2. The van der Waals surface area contributed by atoms with E-state index in [2.05, 4.69) is 36.8 Å². The van der Waals surface area contributed by atoms with Crippen molar-refractivity contribution in [3.05, 3.63) is 24.6 Å². The Morgan fingerprint density at radius 3 is 2.69 bits per heavy atom. The van der Waals surface area contributed by atoms with Crippen LogP contribution >= 0.6 is 0 Å². The van der Waals surface area contributed by atoms with E-state index in [1.54, 1.807) is 6.20 Å². The van der Waals surface area contributed by atoms with Crippen molar-refractivity contribution < 1.29 is 0 Å². The van der Waals surface area contributed by atoms with E-state index in [4.69, 9.17) is 0 Å². The van der Waals surface area contributed by atoms with Crippen molar-refractivity contribution in [3.63, 3.8) is 0 Å². The maximum absolute atomic E-state index is 3.65. The van der Waals surface area contributed by atoms with Crippen LogP contribution in [0.3, 0.4) is 0 Å². The van der Waals surface area contributed by atoms with Gasteiger partial charge in [-0.15, -0.1) is 0 Å². The molecule has 92 valence electrons. The van der Waals surface area contributed by atoms with Crippen LogP contribution in [0.1, 0.15) is 39.5 Å². The molecule has 0 aromatic heterocycles. The van der Waals surface area contributed by atoms with Crippen molar-refractivity contribution in [2.45, 2.75) is 39.5 Å². The van der Waals surface area contributed by atoms with Crippen LogP contribution in [0.4, 0.5) is 0 Å². The zero-order valence-electron chi connectivity index (χ0n) is 10.8. The van der Waals surface area contributed by atoms with Crippen LogP contribution in [0.15, 0.2) is 24.6 Å². The van der Waals surface area contributed by atoms with Gasteiger partial charge in [0, 0.05) is 0 Å². The highest BCUT2D eigenvalue weighted by molar-refractivity contribution is 5.00. The Morgan fingerprint density at radius 1 is 1.44 bits per heavy atom. The summed E-state index contributed by atoms with van der Waals surface area (Å²) in [4.78, 5) is 2.59. The van der Waals surface area contributed by atoms with Gasteiger partial charge in [0.1, 0.15) is 0 Å². The molecule has 0 amide bonds. The minimum absolute atomic E-state index is 0.885. The molecule has 0 atom stereocenters. The standard InChI is InChI=1S/C14H26N2/c1-4-8-16-9-6-14(7-10-16)11-13(3)12-15-5-2/h5,12,14-15H,2,4,6-11H2,1,3H3/b13-12+. The summed E-state index contributed by atoms with van der Waals surface area (Å²) in [6, 6.07) is 0. The third-order valence-electron chi connectivity index (χ3n) is 3.31. The smallest absolute Gasteiger partial charge is 0.000654 e. The SMILES string of the molecule is C=CN/C=C(\C)CC1CCN(CCC)CC1. The second kappa shape index (κ2) is 7.50. The normalized spacial score (nSPS) is 19.8. The minimum Gasteiger partial charge on any atom is -0.368 e. The zero-order chi connectivity index (χ0) is 11.8. The molecule has 0 aliphatic carbocycles. The molecule has 1 fully saturated rings. The monoisotopic (exact) mass is 222 g/mol. The van der Waals surface area contributed by atoms with Gasteiger partial charge in [-0.1, -0.05) is 19.1 Å². The van der Waals surface area contributed by atoms with Crippen LogP contribution in [0.2, 0.25) is 0 Å². The molecule has 1 aliphatic heterocycles. The fourth-order valence-corrected chi connectivity index (χ4v) is 2.45. The topological polar surface area (TPSA) is 15.3 Å². The van der Waals surface area contributed by atoms with Crippen molar-refractivity contribution in [2.75, 3.05) is 19.6 Å². The Bertz CT molecular complexity index is 225. The maximum Gasteiger partial charge on any atom is -0.000654 e. The van der Waals surface area contributed by atoms with Crippen LogP contribution in [-0.4, -0.2) is 24.5 Å². The van der Waals surface area contributed by atoms with E-state index in [0.717, 1.165) is 5.92 Å². The molecule has 0 bridgehead atoms. The van der Waals surface area contributed by atoms with Gasteiger partial charge in [0.15, 0.2) is 0 Å². The largest absolute Gasteiger partial charge is 0.368 e. The number of nitrogens with zero attached hydrogens (tertiary/aromatic N) is 1. The van der Waals surface area contributed by atoms with E-state index < -0.39 is 0 Å². The van der Waals surface area contributed by atoms with E-state index in [1.807, 2.05) is 0 Å². The highest BCUT2D eigenvalue weighted by Gasteiger charge is 2.18. The third kappa shape index (κ3) is 4.84. The van der Waals surface area contributed by atoms with Crippen LogP contribution in [0, 0.1) is 5.92 Å². The Morgan fingerprint density at radius 2 is 2.12 bits per heavy atom. The number of likely N-dealkylation sites (tertiary alicyclic amines) is 1. The van der Waals surface area contributed by atoms with Crippen molar-refractivity contribution in [1.82, 2.24) is 10.2 Å². The number of allylic oxidation sites excluding steroid dienone is 1. The van der Waals surface area contributed by atoms with Gasteiger partial charge in [0.05, 0.1) is 0 Å². The highest BCUT2D eigenvalue weighted by Crippen LogP contribution is 2.23. The second-order valence-electron chi connectivity index (χ2n) is 4.85. The predicted molar refractivity (Wildman–Crippen MR) is 71.2 cm³/mol. The van der Waals surface area contributed by atoms with E-state index in [0.29, 0.717) is 0 Å². The average Bonchev–Trinajstić information content (AvgIpc) is 2.29. The summed E-state index contributed by atoms with van der Waals surface area (Å²) in [6.45, 7) is 12.0. The zero-order valence-corrected chi connectivity index (χ0v) is 10.8. The molecule has 0 spiro atoms. The van der Waals surface area contributed by atoms with Gasteiger partial charge >= 0.3 is 0 Å². The molecule has 0 radical (unpaired) electrons. The van der Waals surface area contributed by atoms with Gasteiger partial charge in [-0.05, 0) is 70.6 Å².